The van der Waals surface area contributed by atoms with Gasteiger partial charge in [-0.25, -0.2) is 0 Å². The molecule has 0 aromatic carbocycles. The zero-order valence-corrected chi connectivity index (χ0v) is 11.1. The second kappa shape index (κ2) is 4.23. The highest BCUT2D eigenvalue weighted by Crippen LogP contribution is 2.40. The fourth-order valence-electron chi connectivity index (χ4n) is 3.09. The van der Waals surface area contributed by atoms with Crippen molar-refractivity contribution in [1.29, 1.82) is 0 Å². The number of imide groups is 1. The molecule has 98 valence electrons. The Morgan fingerprint density at radius 2 is 1.83 bits per heavy atom. The number of amides is 3. The van der Waals surface area contributed by atoms with E-state index in [0.717, 1.165) is 5.57 Å². The first-order chi connectivity index (χ1) is 8.34. The van der Waals surface area contributed by atoms with Crippen molar-refractivity contribution in [2.24, 2.45) is 17.8 Å². The average molecular weight is 250 g/mol. The Bertz CT molecular complexity index is 455. The first kappa shape index (κ1) is 12.8. The molecule has 5 nitrogen and oxygen atoms in total. The summed E-state index contributed by atoms with van der Waals surface area (Å²) in [6.07, 6.45) is 1.98. The van der Waals surface area contributed by atoms with Crippen molar-refractivity contribution in [3.63, 3.8) is 0 Å². The lowest BCUT2D eigenvalue weighted by Crippen LogP contribution is -2.48. The monoisotopic (exact) mass is 250 g/mol. The molecular weight excluding hydrogens is 232 g/mol. The fraction of sp³-hybridized carbons (Fsp3) is 0.615. The van der Waals surface area contributed by atoms with E-state index in [9.17, 15) is 14.4 Å². The second-order valence-corrected chi connectivity index (χ2v) is 5.24. The summed E-state index contributed by atoms with van der Waals surface area (Å²) in [4.78, 5) is 36.7. The van der Waals surface area contributed by atoms with Gasteiger partial charge in [-0.2, -0.15) is 0 Å². The topological polar surface area (TPSA) is 66.5 Å². The van der Waals surface area contributed by atoms with Gasteiger partial charge >= 0.3 is 0 Å². The maximum atomic E-state index is 12.2. The fourth-order valence-corrected chi connectivity index (χ4v) is 3.09. The van der Waals surface area contributed by atoms with Crippen molar-refractivity contribution in [1.82, 2.24) is 10.2 Å². The lowest BCUT2D eigenvalue weighted by atomic mass is 9.72. The maximum absolute atomic E-state index is 12.2. The molecule has 1 saturated heterocycles. The highest BCUT2D eigenvalue weighted by atomic mass is 16.2. The van der Waals surface area contributed by atoms with E-state index in [1.54, 1.807) is 0 Å². The summed E-state index contributed by atoms with van der Waals surface area (Å²) < 4.78 is 0. The predicted octanol–water partition coefficient (Wildman–Crippen LogP) is 0.318. The molecule has 1 heterocycles. The first-order valence-corrected chi connectivity index (χ1v) is 6.11. The normalized spacial score (nSPS) is 35.3. The van der Waals surface area contributed by atoms with Crippen LogP contribution in [0.15, 0.2) is 11.6 Å². The summed E-state index contributed by atoms with van der Waals surface area (Å²) in [6.45, 7) is 5.25. The van der Waals surface area contributed by atoms with Crippen LogP contribution in [0.25, 0.3) is 0 Å². The van der Waals surface area contributed by atoms with Crippen molar-refractivity contribution in [2.75, 3.05) is 7.05 Å². The van der Waals surface area contributed by atoms with Gasteiger partial charge in [0.2, 0.25) is 17.7 Å². The minimum absolute atomic E-state index is 0.0291. The van der Waals surface area contributed by atoms with Crippen LogP contribution in [0, 0.1) is 17.8 Å². The Labute approximate surface area is 106 Å². The number of rotatable bonds is 1. The van der Waals surface area contributed by atoms with Gasteiger partial charge in [-0.05, 0) is 12.8 Å². The van der Waals surface area contributed by atoms with Gasteiger partial charge in [0.15, 0.2) is 0 Å². The second-order valence-electron chi connectivity index (χ2n) is 5.24. The van der Waals surface area contributed by atoms with Gasteiger partial charge in [0.05, 0.1) is 17.9 Å². The molecular formula is C13H18N2O3. The lowest BCUT2D eigenvalue weighted by Gasteiger charge is -2.33. The highest BCUT2D eigenvalue weighted by Gasteiger charge is 2.53. The third-order valence-corrected chi connectivity index (χ3v) is 3.92. The number of allylic oxidation sites excluding steroid dienone is 1. The van der Waals surface area contributed by atoms with Crippen LogP contribution in [-0.4, -0.2) is 35.7 Å². The van der Waals surface area contributed by atoms with Crippen LogP contribution < -0.4 is 5.32 Å². The zero-order valence-electron chi connectivity index (χ0n) is 11.1. The van der Waals surface area contributed by atoms with Crippen LogP contribution in [0.3, 0.4) is 0 Å². The standard InChI is InChI=1S/C13H18N2O3/c1-6-5-7(2)11(14-8(3)16)10-9(6)12(17)15(4)13(10)18/h5-6,9-11H,1-4H3,(H,14,16)/t6-,9-,10-,11?/m0/s1. The molecule has 1 aliphatic carbocycles. The van der Waals surface area contributed by atoms with Crippen molar-refractivity contribution < 1.29 is 14.4 Å². The van der Waals surface area contributed by atoms with Crippen molar-refractivity contribution >= 4 is 17.7 Å². The molecule has 1 unspecified atom stereocenters. The Hall–Kier alpha value is -1.65. The van der Waals surface area contributed by atoms with Crippen molar-refractivity contribution in [3.8, 4) is 0 Å². The van der Waals surface area contributed by atoms with Gasteiger partial charge in [-0.1, -0.05) is 18.6 Å². The molecule has 0 saturated carbocycles. The molecule has 2 rings (SSSR count). The summed E-state index contributed by atoms with van der Waals surface area (Å²) >= 11 is 0. The average Bonchev–Trinajstić information content (AvgIpc) is 2.49. The van der Waals surface area contributed by atoms with E-state index in [2.05, 4.69) is 5.32 Å². The number of carbonyl (C=O) groups excluding carboxylic acids is 3. The Morgan fingerprint density at radius 3 is 2.39 bits per heavy atom. The molecule has 1 aliphatic heterocycles. The smallest absolute Gasteiger partial charge is 0.235 e. The van der Waals surface area contributed by atoms with Crippen LogP contribution >= 0.6 is 0 Å². The van der Waals surface area contributed by atoms with Crippen LogP contribution in [0.4, 0.5) is 0 Å². The van der Waals surface area contributed by atoms with Gasteiger partial charge in [0.25, 0.3) is 0 Å². The predicted molar refractivity (Wildman–Crippen MR) is 65.3 cm³/mol. The molecule has 4 atom stereocenters. The van der Waals surface area contributed by atoms with E-state index in [1.165, 1.54) is 18.9 Å². The lowest BCUT2D eigenvalue weighted by molar-refractivity contribution is -0.138. The SMILES string of the molecule is CC(=O)NC1C(C)=C[C@H](C)[C@@H]2C(=O)N(C)C(=O)[C@H]12. The molecule has 0 radical (unpaired) electrons. The molecule has 2 aliphatic rings. The zero-order chi connectivity index (χ0) is 13.6. The van der Waals surface area contributed by atoms with E-state index in [4.69, 9.17) is 0 Å². The number of likely N-dealkylation sites (tertiary alicyclic amines) is 1. The van der Waals surface area contributed by atoms with Crippen LogP contribution in [-0.2, 0) is 14.4 Å². The quantitative estimate of drug-likeness (QED) is 0.538. The maximum Gasteiger partial charge on any atom is 0.235 e. The van der Waals surface area contributed by atoms with Gasteiger partial charge in [0, 0.05) is 14.0 Å². The molecule has 5 heteroatoms. The van der Waals surface area contributed by atoms with Gasteiger partial charge in [-0.3, -0.25) is 19.3 Å². The molecule has 1 fully saturated rings. The summed E-state index contributed by atoms with van der Waals surface area (Å²) in [5.41, 5.74) is 0.954. The summed E-state index contributed by atoms with van der Waals surface area (Å²) in [5.74, 6) is -1.29. The van der Waals surface area contributed by atoms with Gasteiger partial charge in [-0.15, -0.1) is 0 Å². The third-order valence-electron chi connectivity index (χ3n) is 3.92. The summed E-state index contributed by atoms with van der Waals surface area (Å²) in [6, 6.07) is -0.356. The van der Waals surface area contributed by atoms with Crippen LogP contribution in [0.5, 0.6) is 0 Å². The molecule has 0 aromatic rings. The van der Waals surface area contributed by atoms with E-state index in [-0.39, 0.29) is 35.6 Å². The number of fused-ring (bicyclic) bond motifs is 1. The molecule has 3 amide bonds. The van der Waals surface area contributed by atoms with E-state index in [1.807, 2.05) is 19.9 Å². The van der Waals surface area contributed by atoms with E-state index < -0.39 is 5.92 Å². The van der Waals surface area contributed by atoms with Crippen LogP contribution in [0.2, 0.25) is 0 Å². The number of hydrogen-bond donors (Lipinski definition) is 1. The minimum atomic E-state index is -0.452. The Balaban J connectivity index is 2.42. The summed E-state index contributed by atoms with van der Waals surface area (Å²) in [5, 5.41) is 2.79. The van der Waals surface area contributed by atoms with Gasteiger partial charge < -0.3 is 5.32 Å². The number of carbonyl (C=O) groups is 3. The van der Waals surface area contributed by atoms with E-state index in [0.29, 0.717) is 0 Å². The van der Waals surface area contributed by atoms with Gasteiger partial charge in [0.1, 0.15) is 0 Å². The minimum Gasteiger partial charge on any atom is -0.349 e. The largest absolute Gasteiger partial charge is 0.349 e. The molecule has 0 aromatic heterocycles. The molecule has 18 heavy (non-hydrogen) atoms. The van der Waals surface area contributed by atoms with Crippen LogP contribution in [0.1, 0.15) is 20.8 Å². The molecule has 0 spiro atoms. The Morgan fingerprint density at radius 1 is 1.28 bits per heavy atom. The molecule has 1 N–H and O–H groups in total. The van der Waals surface area contributed by atoms with E-state index >= 15 is 0 Å². The Kier molecular flexibility index (Phi) is 3.00. The highest BCUT2D eigenvalue weighted by molar-refractivity contribution is 6.06. The number of nitrogens with zero attached hydrogens (tertiary/aromatic N) is 1. The molecule has 0 bridgehead atoms. The van der Waals surface area contributed by atoms with Crippen molar-refractivity contribution in [2.45, 2.75) is 26.8 Å². The number of nitrogens with one attached hydrogen (secondary N) is 1. The third kappa shape index (κ3) is 1.74. The number of hydrogen-bond acceptors (Lipinski definition) is 3. The first-order valence-electron chi connectivity index (χ1n) is 6.11. The van der Waals surface area contributed by atoms with Crippen molar-refractivity contribution in [3.05, 3.63) is 11.6 Å². The summed E-state index contributed by atoms with van der Waals surface area (Å²) in [7, 11) is 1.51.